The van der Waals surface area contributed by atoms with Gasteiger partial charge in [0.15, 0.2) is 0 Å². The molecule has 0 aromatic carbocycles. The largest absolute Gasteiger partial charge is 0.336 e. The molecule has 2 nitrogen and oxygen atoms in total. The molecule has 70 valence electrons. The first-order valence-corrected chi connectivity index (χ1v) is 5.07. The maximum absolute atomic E-state index is 11.4. The van der Waals surface area contributed by atoms with Gasteiger partial charge in [0, 0.05) is 12.1 Å². The van der Waals surface area contributed by atoms with Crippen LogP contribution in [0.3, 0.4) is 0 Å². The predicted molar refractivity (Wildman–Crippen MR) is 50.3 cm³/mol. The Morgan fingerprint density at radius 1 is 1.42 bits per heavy atom. The summed E-state index contributed by atoms with van der Waals surface area (Å²) in [6.45, 7) is 4.19. The van der Waals surface area contributed by atoms with E-state index in [0.717, 1.165) is 12.8 Å². The van der Waals surface area contributed by atoms with Gasteiger partial charge in [-0.2, -0.15) is 0 Å². The summed E-state index contributed by atoms with van der Waals surface area (Å²) in [6, 6.07) is 0.750. The molecular weight excluding hydrogens is 174 g/mol. The number of piperidine rings is 1. The molecule has 1 rings (SSSR count). The van der Waals surface area contributed by atoms with Crippen molar-refractivity contribution in [3.05, 3.63) is 0 Å². The van der Waals surface area contributed by atoms with Crippen molar-refractivity contribution in [2.75, 3.05) is 5.88 Å². The smallest absolute Gasteiger partial charge is 0.237 e. The lowest BCUT2D eigenvalue weighted by Crippen LogP contribution is -2.48. The minimum Gasteiger partial charge on any atom is -0.336 e. The van der Waals surface area contributed by atoms with Gasteiger partial charge in [0.05, 0.1) is 0 Å². The van der Waals surface area contributed by atoms with Crippen LogP contribution in [0, 0.1) is 0 Å². The zero-order valence-electron chi connectivity index (χ0n) is 7.72. The third-order valence-corrected chi connectivity index (χ3v) is 2.82. The SMILES string of the molecule is CC1CCCC(C)N1C(=O)CCl. The van der Waals surface area contributed by atoms with Crippen LogP contribution >= 0.6 is 11.6 Å². The van der Waals surface area contributed by atoms with Crippen molar-refractivity contribution in [1.29, 1.82) is 0 Å². The number of carbonyl (C=O) groups excluding carboxylic acids is 1. The number of rotatable bonds is 1. The molecule has 1 aliphatic rings. The van der Waals surface area contributed by atoms with E-state index >= 15 is 0 Å². The lowest BCUT2D eigenvalue weighted by molar-refractivity contribution is -0.134. The highest BCUT2D eigenvalue weighted by molar-refractivity contribution is 6.27. The molecule has 1 amide bonds. The Balaban J connectivity index is 2.62. The molecule has 0 bridgehead atoms. The van der Waals surface area contributed by atoms with Crippen LogP contribution in [0.2, 0.25) is 0 Å². The van der Waals surface area contributed by atoms with Gasteiger partial charge in [0.1, 0.15) is 5.88 Å². The molecule has 3 heteroatoms. The van der Waals surface area contributed by atoms with Gasteiger partial charge in [-0.1, -0.05) is 0 Å². The summed E-state index contributed by atoms with van der Waals surface area (Å²) >= 11 is 5.52. The van der Waals surface area contributed by atoms with Crippen LogP contribution < -0.4 is 0 Å². The number of alkyl halides is 1. The summed E-state index contributed by atoms with van der Waals surface area (Å²) in [4.78, 5) is 13.3. The summed E-state index contributed by atoms with van der Waals surface area (Å²) in [5.74, 6) is 0.200. The molecule has 1 saturated heterocycles. The van der Waals surface area contributed by atoms with Crippen molar-refractivity contribution in [1.82, 2.24) is 4.90 Å². The van der Waals surface area contributed by atoms with Crippen molar-refractivity contribution < 1.29 is 4.79 Å². The van der Waals surface area contributed by atoms with E-state index in [1.54, 1.807) is 0 Å². The molecule has 1 fully saturated rings. The molecule has 0 aliphatic carbocycles. The van der Waals surface area contributed by atoms with Gasteiger partial charge in [-0.05, 0) is 33.1 Å². The highest BCUT2D eigenvalue weighted by atomic mass is 35.5. The standard InChI is InChI=1S/C9H16ClNO/c1-7-4-3-5-8(2)11(7)9(12)6-10/h7-8H,3-6H2,1-2H3. The number of halogens is 1. The number of nitrogens with zero attached hydrogens (tertiary/aromatic N) is 1. The van der Waals surface area contributed by atoms with Crippen LogP contribution in [0.4, 0.5) is 0 Å². The first kappa shape index (κ1) is 9.85. The van der Waals surface area contributed by atoms with E-state index in [2.05, 4.69) is 13.8 Å². The van der Waals surface area contributed by atoms with Gasteiger partial charge in [-0.3, -0.25) is 4.79 Å². The molecule has 2 unspecified atom stereocenters. The van der Waals surface area contributed by atoms with Crippen LogP contribution in [-0.2, 0) is 4.79 Å². The molecule has 0 aromatic heterocycles. The van der Waals surface area contributed by atoms with E-state index in [4.69, 9.17) is 11.6 Å². The van der Waals surface area contributed by atoms with Gasteiger partial charge in [-0.15, -0.1) is 11.6 Å². The Morgan fingerprint density at radius 2 is 1.92 bits per heavy atom. The molecule has 1 heterocycles. The average Bonchev–Trinajstić information content (AvgIpc) is 2.03. The number of hydrogen-bond acceptors (Lipinski definition) is 1. The van der Waals surface area contributed by atoms with E-state index in [1.807, 2.05) is 4.90 Å². The molecule has 12 heavy (non-hydrogen) atoms. The van der Waals surface area contributed by atoms with Gasteiger partial charge in [-0.25, -0.2) is 0 Å². The van der Waals surface area contributed by atoms with Crippen molar-refractivity contribution in [3.63, 3.8) is 0 Å². The van der Waals surface area contributed by atoms with Gasteiger partial charge in [0.25, 0.3) is 0 Å². The van der Waals surface area contributed by atoms with Crippen molar-refractivity contribution >= 4 is 17.5 Å². The van der Waals surface area contributed by atoms with E-state index in [9.17, 15) is 4.79 Å². The number of hydrogen-bond donors (Lipinski definition) is 0. The molecule has 0 N–H and O–H groups in total. The molecular formula is C9H16ClNO. The lowest BCUT2D eigenvalue weighted by atomic mass is 9.98. The first-order valence-electron chi connectivity index (χ1n) is 4.54. The number of likely N-dealkylation sites (tertiary alicyclic amines) is 1. The summed E-state index contributed by atoms with van der Waals surface area (Å²) in [6.07, 6.45) is 3.47. The Kier molecular flexibility index (Phi) is 3.39. The number of carbonyl (C=O) groups is 1. The van der Waals surface area contributed by atoms with E-state index < -0.39 is 0 Å². The maximum atomic E-state index is 11.4. The monoisotopic (exact) mass is 189 g/mol. The Morgan fingerprint density at radius 3 is 2.33 bits per heavy atom. The normalized spacial score (nSPS) is 30.4. The second-order valence-electron chi connectivity index (χ2n) is 3.56. The van der Waals surface area contributed by atoms with Crippen molar-refractivity contribution in [2.24, 2.45) is 0 Å². The molecule has 0 radical (unpaired) electrons. The second-order valence-corrected chi connectivity index (χ2v) is 3.83. The van der Waals surface area contributed by atoms with Crippen molar-refractivity contribution in [2.45, 2.75) is 45.2 Å². The van der Waals surface area contributed by atoms with E-state index in [0.29, 0.717) is 12.1 Å². The van der Waals surface area contributed by atoms with Crippen LogP contribution in [-0.4, -0.2) is 28.8 Å². The third kappa shape index (κ3) is 1.92. The summed E-state index contributed by atoms with van der Waals surface area (Å²) in [5.41, 5.74) is 0. The Hall–Kier alpha value is -0.240. The van der Waals surface area contributed by atoms with Crippen LogP contribution in [0.1, 0.15) is 33.1 Å². The maximum Gasteiger partial charge on any atom is 0.237 e. The van der Waals surface area contributed by atoms with Gasteiger partial charge < -0.3 is 4.90 Å². The minimum atomic E-state index is 0.0800. The zero-order valence-corrected chi connectivity index (χ0v) is 8.47. The zero-order chi connectivity index (χ0) is 9.14. The summed E-state index contributed by atoms with van der Waals surface area (Å²) in [7, 11) is 0. The summed E-state index contributed by atoms with van der Waals surface area (Å²) < 4.78 is 0. The molecule has 0 aromatic rings. The average molecular weight is 190 g/mol. The fourth-order valence-electron chi connectivity index (χ4n) is 1.98. The molecule has 0 spiro atoms. The first-order chi connectivity index (χ1) is 5.66. The highest BCUT2D eigenvalue weighted by Crippen LogP contribution is 2.22. The predicted octanol–water partition coefficient (Wildman–Crippen LogP) is 2.01. The molecule has 1 aliphatic heterocycles. The van der Waals surface area contributed by atoms with Gasteiger partial charge >= 0.3 is 0 Å². The molecule has 0 saturated carbocycles. The number of amides is 1. The quantitative estimate of drug-likeness (QED) is 0.578. The summed E-state index contributed by atoms with van der Waals surface area (Å²) in [5, 5.41) is 0. The van der Waals surface area contributed by atoms with E-state index in [1.165, 1.54) is 6.42 Å². The highest BCUT2D eigenvalue weighted by Gasteiger charge is 2.27. The minimum absolute atomic E-state index is 0.0800. The van der Waals surface area contributed by atoms with Crippen LogP contribution in [0.5, 0.6) is 0 Å². The Bertz CT molecular complexity index is 162. The van der Waals surface area contributed by atoms with Gasteiger partial charge in [0.2, 0.25) is 5.91 Å². The van der Waals surface area contributed by atoms with Crippen LogP contribution in [0.15, 0.2) is 0 Å². The van der Waals surface area contributed by atoms with E-state index in [-0.39, 0.29) is 11.8 Å². The fraction of sp³-hybridized carbons (Fsp3) is 0.889. The van der Waals surface area contributed by atoms with Crippen LogP contribution in [0.25, 0.3) is 0 Å². The second kappa shape index (κ2) is 4.13. The lowest BCUT2D eigenvalue weighted by Gasteiger charge is -2.38. The fourth-order valence-corrected chi connectivity index (χ4v) is 2.12. The topological polar surface area (TPSA) is 20.3 Å². The molecule has 2 atom stereocenters. The third-order valence-electron chi connectivity index (χ3n) is 2.60. The Labute approximate surface area is 78.9 Å². The van der Waals surface area contributed by atoms with Crippen molar-refractivity contribution in [3.8, 4) is 0 Å².